The van der Waals surface area contributed by atoms with Gasteiger partial charge in [-0.1, -0.05) is 0 Å². The van der Waals surface area contributed by atoms with E-state index in [4.69, 9.17) is 0 Å². The Labute approximate surface area is 86.7 Å². The smallest absolute Gasteiger partial charge is 0.0951 e. The zero-order valence-electron chi connectivity index (χ0n) is 9.54. The summed E-state index contributed by atoms with van der Waals surface area (Å²) in [6, 6.07) is 0.912. The molecule has 0 atom stereocenters. The minimum Gasteiger partial charge on any atom is -0.293 e. The molecule has 0 unspecified atom stereocenters. The molecule has 0 radical (unpaired) electrons. The van der Waals surface area contributed by atoms with Gasteiger partial charge in [0.1, 0.15) is 0 Å². The van der Waals surface area contributed by atoms with Gasteiger partial charge in [0, 0.05) is 30.9 Å². The number of rotatable bonds is 4. The fraction of sp³-hybridized carbons (Fsp3) is 0.727. The van der Waals surface area contributed by atoms with Crippen LogP contribution in [0.1, 0.15) is 34.1 Å². The van der Waals surface area contributed by atoms with E-state index >= 15 is 0 Å². The van der Waals surface area contributed by atoms with Crippen LogP contribution >= 0.6 is 0 Å². The normalized spacial score (nSPS) is 19.6. The van der Waals surface area contributed by atoms with Gasteiger partial charge in [-0.15, -0.1) is 0 Å². The van der Waals surface area contributed by atoms with E-state index in [0.29, 0.717) is 12.1 Å². The molecule has 0 aromatic rings. The molecule has 0 spiro atoms. The molecule has 0 saturated carbocycles. The minimum absolute atomic E-state index is 0.107. The Bertz CT molecular complexity index is 219. The van der Waals surface area contributed by atoms with E-state index < -0.39 is 0 Å². The van der Waals surface area contributed by atoms with Crippen LogP contribution < -0.4 is 10.6 Å². The Morgan fingerprint density at radius 2 is 1.71 bits per heavy atom. The first-order chi connectivity index (χ1) is 6.54. The number of nitrogens with zero attached hydrogens (tertiary/aromatic N) is 1. The van der Waals surface area contributed by atoms with Gasteiger partial charge < -0.3 is 0 Å². The van der Waals surface area contributed by atoms with E-state index in [1.807, 2.05) is 12.4 Å². The number of aliphatic imine (C=N–C) groups is 1. The van der Waals surface area contributed by atoms with E-state index in [-0.39, 0.29) is 5.66 Å². The Hall–Kier alpha value is -0.670. The van der Waals surface area contributed by atoms with Crippen LogP contribution in [0.4, 0.5) is 0 Å². The lowest BCUT2D eigenvalue weighted by molar-refractivity contribution is 0.286. The van der Waals surface area contributed by atoms with Crippen molar-refractivity contribution in [2.45, 2.75) is 51.9 Å². The predicted molar refractivity (Wildman–Crippen MR) is 61.5 cm³/mol. The van der Waals surface area contributed by atoms with Crippen molar-refractivity contribution in [1.82, 2.24) is 10.6 Å². The van der Waals surface area contributed by atoms with Gasteiger partial charge in [-0.2, -0.15) is 0 Å². The zero-order chi connectivity index (χ0) is 10.6. The van der Waals surface area contributed by atoms with Gasteiger partial charge in [-0.3, -0.25) is 15.6 Å². The molecule has 14 heavy (non-hydrogen) atoms. The van der Waals surface area contributed by atoms with Gasteiger partial charge in [-0.25, -0.2) is 0 Å². The molecule has 3 nitrogen and oxygen atoms in total. The first-order valence-corrected chi connectivity index (χ1v) is 5.29. The molecular weight excluding hydrogens is 174 g/mol. The van der Waals surface area contributed by atoms with Crippen LogP contribution in [0.2, 0.25) is 0 Å². The van der Waals surface area contributed by atoms with E-state index in [2.05, 4.69) is 49.4 Å². The lowest BCUT2D eigenvalue weighted by atomic mass is 10.0. The van der Waals surface area contributed by atoms with Crippen LogP contribution in [0, 0.1) is 0 Å². The van der Waals surface area contributed by atoms with Gasteiger partial charge >= 0.3 is 0 Å². The molecule has 3 heteroatoms. The average molecular weight is 195 g/mol. The van der Waals surface area contributed by atoms with Crippen molar-refractivity contribution in [3.63, 3.8) is 0 Å². The summed E-state index contributed by atoms with van der Waals surface area (Å²) in [5, 5.41) is 7.07. The Morgan fingerprint density at radius 1 is 1.14 bits per heavy atom. The van der Waals surface area contributed by atoms with Crippen LogP contribution in [-0.4, -0.2) is 24.0 Å². The van der Waals surface area contributed by atoms with E-state index in [0.717, 1.165) is 6.42 Å². The lowest BCUT2D eigenvalue weighted by Crippen LogP contribution is -2.60. The molecule has 1 aliphatic heterocycles. The molecule has 0 aromatic carbocycles. The first-order valence-electron chi connectivity index (χ1n) is 5.29. The third kappa shape index (κ3) is 3.24. The molecule has 1 heterocycles. The third-order valence-corrected chi connectivity index (χ3v) is 2.06. The maximum atomic E-state index is 4.10. The molecule has 1 aliphatic rings. The van der Waals surface area contributed by atoms with Gasteiger partial charge in [0.15, 0.2) is 0 Å². The first kappa shape index (κ1) is 11.4. The van der Waals surface area contributed by atoms with Crippen molar-refractivity contribution in [1.29, 1.82) is 0 Å². The summed E-state index contributed by atoms with van der Waals surface area (Å²) in [7, 11) is 0. The van der Waals surface area contributed by atoms with Crippen molar-refractivity contribution in [2.24, 2.45) is 4.99 Å². The van der Waals surface area contributed by atoms with Crippen LogP contribution in [0.15, 0.2) is 17.3 Å². The zero-order valence-corrected chi connectivity index (χ0v) is 9.54. The largest absolute Gasteiger partial charge is 0.293 e. The fourth-order valence-electron chi connectivity index (χ4n) is 1.78. The van der Waals surface area contributed by atoms with Crippen molar-refractivity contribution < 1.29 is 0 Å². The Balaban J connectivity index is 2.69. The molecule has 0 saturated heterocycles. The molecule has 0 amide bonds. The van der Waals surface area contributed by atoms with Crippen LogP contribution in [0.5, 0.6) is 0 Å². The summed E-state index contributed by atoms with van der Waals surface area (Å²) in [4.78, 5) is 4.10. The maximum absolute atomic E-state index is 4.10. The number of hydrogen-bond donors (Lipinski definition) is 2. The molecular formula is C11H21N3. The molecule has 1 rings (SSSR count). The summed E-state index contributed by atoms with van der Waals surface area (Å²) in [5.74, 6) is 0. The van der Waals surface area contributed by atoms with E-state index in [9.17, 15) is 0 Å². The van der Waals surface area contributed by atoms with Crippen molar-refractivity contribution in [3.05, 3.63) is 12.3 Å². The summed E-state index contributed by atoms with van der Waals surface area (Å²) < 4.78 is 0. The highest BCUT2D eigenvalue weighted by Crippen LogP contribution is 2.13. The summed E-state index contributed by atoms with van der Waals surface area (Å²) in [6.07, 6.45) is 6.81. The van der Waals surface area contributed by atoms with Gasteiger partial charge in [0.2, 0.25) is 0 Å². The number of hydrogen-bond acceptors (Lipinski definition) is 3. The monoisotopic (exact) mass is 195 g/mol. The van der Waals surface area contributed by atoms with Crippen LogP contribution in [-0.2, 0) is 0 Å². The van der Waals surface area contributed by atoms with E-state index in [1.165, 1.54) is 0 Å². The Kier molecular flexibility index (Phi) is 3.84. The minimum atomic E-state index is -0.107. The molecule has 0 aromatic heterocycles. The second kappa shape index (κ2) is 4.71. The SMILES string of the molecule is CC(C)NC1(NC(C)C)C=CN=CC1. The Morgan fingerprint density at radius 3 is 2.07 bits per heavy atom. The highest BCUT2D eigenvalue weighted by atomic mass is 15.2. The quantitative estimate of drug-likeness (QED) is 0.669. The fourth-order valence-corrected chi connectivity index (χ4v) is 1.78. The molecule has 80 valence electrons. The van der Waals surface area contributed by atoms with E-state index in [1.54, 1.807) is 0 Å². The summed E-state index contributed by atoms with van der Waals surface area (Å²) in [6.45, 7) is 8.62. The topological polar surface area (TPSA) is 36.4 Å². The lowest BCUT2D eigenvalue weighted by Gasteiger charge is -2.36. The summed E-state index contributed by atoms with van der Waals surface area (Å²) >= 11 is 0. The standard InChI is InChI=1S/C11H21N3/c1-9(2)13-11(14-10(3)4)5-7-12-8-6-11/h5,7-10,13-14H,6H2,1-4H3. The van der Waals surface area contributed by atoms with Crippen molar-refractivity contribution >= 4 is 6.21 Å². The number of nitrogens with one attached hydrogen (secondary N) is 2. The van der Waals surface area contributed by atoms with Crippen LogP contribution in [0.3, 0.4) is 0 Å². The maximum Gasteiger partial charge on any atom is 0.0951 e. The molecule has 0 bridgehead atoms. The predicted octanol–water partition coefficient (Wildman–Crippen LogP) is 1.67. The molecule has 0 fully saturated rings. The average Bonchev–Trinajstić information content (AvgIpc) is 2.01. The van der Waals surface area contributed by atoms with Crippen molar-refractivity contribution in [2.75, 3.05) is 0 Å². The van der Waals surface area contributed by atoms with Gasteiger partial charge in [0.05, 0.1) is 5.66 Å². The second-order valence-electron chi connectivity index (χ2n) is 4.42. The van der Waals surface area contributed by atoms with Crippen molar-refractivity contribution in [3.8, 4) is 0 Å². The van der Waals surface area contributed by atoms with Crippen LogP contribution in [0.25, 0.3) is 0 Å². The third-order valence-electron chi connectivity index (χ3n) is 2.06. The molecule has 0 aliphatic carbocycles. The molecule has 2 N–H and O–H groups in total. The van der Waals surface area contributed by atoms with Gasteiger partial charge in [-0.05, 0) is 33.8 Å². The highest BCUT2D eigenvalue weighted by Gasteiger charge is 2.28. The highest BCUT2D eigenvalue weighted by molar-refractivity contribution is 5.62. The summed E-state index contributed by atoms with van der Waals surface area (Å²) in [5.41, 5.74) is -0.107. The van der Waals surface area contributed by atoms with Gasteiger partial charge in [0.25, 0.3) is 0 Å². The second-order valence-corrected chi connectivity index (χ2v) is 4.42.